The molecule has 0 saturated carbocycles. The van der Waals surface area contributed by atoms with E-state index in [2.05, 4.69) is 5.32 Å². The van der Waals surface area contributed by atoms with Crippen molar-refractivity contribution < 1.29 is 4.79 Å². The first kappa shape index (κ1) is 6.16. The van der Waals surface area contributed by atoms with Crippen LogP contribution in [-0.4, -0.2) is 36.5 Å². The molecule has 0 aromatic rings. The summed E-state index contributed by atoms with van der Waals surface area (Å²) in [6.07, 6.45) is 2.19. The van der Waals surface area contributed by atoms with Crippen molar-refractivity contribution in [2.75, 3.05) is 19.6 Å². The van der Waals surface area contributed by atoms with Crippen molar-refractivity contribution in [3.63, 3.8) is 0 Å². The van der Waals surface area contributed by atoms with Crippen LogP contribution in [0, 0.1) is 0 Å². The van der Waals surface area contributed by atoms with E-state index in [9.17, 15) is 4.79 Å². The highest BCUT2D eigenvalue weighted by atomic mass is 16.2. The van der Waals surface area contributed by atoms with Crippen LogP contribution in [0.5, 0.6) is 0 Å². The van der Waals surface area contributed by atoms with E-state index < -0.39 is 0 Å². The summed E-state index contributed by atoms with van der Waals surface area (Å²) >= 11 is 0. The first-order valence-electron chi connectivity index (χ1n) is 3.90. The van der Waals surface area contributed by atoms with Crippen LogP contribution in [0.1, 0.15) is 12.8 Å². The number of hydrogen-bond donors (Lipinski definition) is 1. The predicted octanol–water partition coefficient (Wildman–Crippen LogP) is -0.419. The van der Waals surface area contributed by atoms with Gasteiger partial charge in [-0.05, 0) is 19.4 Å². The Labute approximate surface area is 60.4 Å². The van der Waals surface area contributed by atoms with E-state index in [0.717, 1.165) is 32.5 Å². The molecule has 1 atom stereocenters. The second-order valence-electron chi connectivity index (χ2n) is 2.97. The van der Waals surface area contributed by atoms with E-state index >= 15 is 0 Å². The molecule has 1 N–H and O–H groups in total. The van der Waals surface area contributed by atoms with E-state index in [1.165, 1.54) is 0 Å². The van der Waals surface area contributed by atoms with Gasteiger partial charge < -0.3 is 10.2 Å². The Bertz CT molecular complexity index is 148. The van der Waals surface area contributed by atoms with Crippen molar-refractivity contribution in [2.24, 2.45) is 0 Å². The molecule has 56 valence electrons. The molecule has 10 heavy (non-hydrogen) atoms. The molecule has 2 aliphatic heterocycles. The van der Waals surface area contributed by atoms with Gasteiger partial charge >= 0.3 is 0 Å². The second-order valence-corrected chi connectivity index (χ2v) is 2.97. The summed E-state index contributed by atoms with van der Waals surface area (Å²) in [4.78, 5) is 13.2. The molecular weight excluding hydrogens is 128 g/mol. The Kier molecular flexibility index (Phi) is 1.38. The molecule has 0 bridgehead atoms. The third-order valence-electron chi connectivity index (χ3n) is 2.12. The Morgan fingerprint density at radius 1 is 1.50 bits per heavy atom. The number of nitrogens with one attached hydrogen (secondary N) is 1. The lowest BCUT2D eigenvalue weighted by Gasteiger charge is -2.08. The number of nitrogens with zero attached hydrogens (tertiary/aromatic N) is 1. The van der Waals surface area contributed by atoms with Gasteiger partial charge in [-0.1, -0.05) is 0 Å². The number of carbonyl (C=O) groups is 1. The summed E-state index contributed by atoms with van der Waals surface area (Å²) < 4.78 is 0. The fourth-order valence-corrected chi connectivity index (χ4v) is 1.39. The zero-order valence-electron chi connectivity index (χ0n) is 5.97. The van der Waals surface area contributed by atoms with E-state index in [4.69, 9.17) is 0 Å². The number of rotatable bonds is 1. The van der Waals surface area contributed by atoms with E-state index in [0.29, 0.717) is 5.91 Å². The SMILES string of the molecule is O=C([C@@H]1CCCN1)N1CC1. The standard InChI is InChI=1S/C7H12N2O/c10-7(9-4-5-9)6-2-1-3-8-6/h6,8H,1-5H2/t6-/m0/s1. The predicted molar refractivity (Wildman–Crippen MR) is 37.6 cm³/mol. The topological polar surface area (TPSA) is 32.1 Å². The van der Waals surface area contributed by atoms with Crippen molar-refractivity contribution in [3.05, 3.63) is 0 Å². The van der Waals surface area contributed by atoms with Crippen LogP contribution >= 0.6 is 0 Å². The first-order valence-corrected chi connectivity index (χ1v) is 3.90. The average Bonchev–Trinajstić information content (AvgIpc) is 2.65. The molecule has 2 fully saturated rings. The quantitative estimate of drug-likeness (QED) is 0.502. The van der Waals surface area contributed by atoms with Crippen molar-refractivity contribution in [1.82, 2.24) is 10.2 Å². The molecule has 0 aliphatic carbocycles. The molecule has 0 unspecified atom stereocenters. The van der Waals surface area contributed by atoms with Crippen LogP contribution in [-0.2, 0) is 4.79 Å². The monoisotopic (exact) mass is 140 g/mol. The summed E-state index contributed by atoms with van der Waals surface area (Å²) in [6, 6.07) is 0.155. The molecule has 0 radical (unpaired) electrons. The fraction of sp³-hybridized carbons (Fsp3) is 0.857. The number of amides is 1. The summed E-state index contributed by atoms with van der Waals surface area (Å²) in [5.74, 6) is 0.317. The molecule has 2 saturated heterocycles. The third-order valence-corrected chi connectivity index (χ3v) is 2.12. The maximum Gasteiger partial charge on any atom is 0.239 e. The second kappa shape index (κ2) is 2.23. The van der Waals surface area contributed by atoms with Crippen LogP contribution in [0.2, 0.25) is 0 Å². The smallest absolute Gasteiger partial charge is 0.239 e. The van der Waals surface area contributed by atoms with Crippen LogP contribution in [0.25, 0.3) is 0 Å². The maximum absolute atomic E-state index is 11.3. The van der Waals surface area contributed by atoms with Crippen LogP contribution in [0.15, 0.2) is 0 Å². The molecule has 2 rings (SSSR count). The lowest BCUT2D eigenvalue weighted by molar-refractivity contribution is -0.127. The van der Waals surface area contributed by atoms with E-state index in [-0.39, 0.29) is 6.04 Å². The molecular formula is C7H12N2O. The molecule has 0 aromatic carbocycles. The zero-order valence-corrected chi connectivity index (χ0v) is 5.97. The largest absolute Gasteiger partial charge is 0.338 e. The highest BCUT2D eigenvalue weighted by Gasteiger charge is 2.32. The van der Waals surface area contributed by atoms with Crippen LogP contribution in [0.4, 0.5) is 0 Å². The van der Waals surface area contributed by atoms with Gasteiger partial charge in [0.15, 0.2) is 0 Å². The van der Waals surface area contributed by atoms with Gasteiger partial charge in [-0.3, -0.25) is 4.79 Å². The molecule has 2 heterocycles. The molecule has 0 spiro atoms. The summed E-state index contributed by atoms with van der Waals surface area (Å²) in [5.41, 5.74) is 0. The Morgan fingerprint density at radius 2 is 2.30 bits per heavy atom. The van der Waals surface area contributed by atoms with Crippen molar-refractivity contribution in [2.45, 2.75) is 18.9 Å². The van der Waals surface area contributed by atoms with Crippen molar-refractivity contribution in [1.29, 1.82) is 0 Å². The lowest BCUT2D eigenvalue weighted by atomic mass is 10.2. The average molecular weight is 140 g/mol. The van der Waals surface area contributed by atoms with Gasteiger partial charge in [-0.25, -0.2) is 0 Å². The summed E-state index contributed by atoms with van der Waals surface area (Å²) in [6.45, 7) is 2.98. The van der Waals surface area contributed by atoms with Gasteiger partial charge in [0, 0.05) is 13.1 Å². The molecule has 1 amide bonds. The van der Waals surface area contributed by atoms with Crippen molar-refractivity contribution in [3.8, 4) is 0 Å². The fourth-order valence-electron chi connectivity index (χ4n) is 1.39. The van der Waals surface area contributed by atoms with Gasteiger partial charge in [0.05, 0.1) is 6.04 Å². The number of carbonyl (C=O) groups excluding carboxylic acids is 1. The van der Waals surface area contributed by atoms with Gasteiger partial charge in [0.1, 0.15) is 0 Å². The normalized spacial score (nSPS) is 30.8. The van der Waals surface area contributed by atoms with Gasteiger partial charge in [0.2, 0.25) is 5.91 Å². The molecule has 2 aliphatic rings. The lowest BCUT2D eigenvalue weighted by Crippen LogP contribution is -2.35. The third kappa shape index (κ3) is 1.01. The van der Waals surface area contributed by atoms with Gasteiger partial charge in [-0.15, -0.1) is 0 Å². The van der Waals surface area contributed by atoms with Gasteiger partial charge in [-0.2, -0.15) is 0 Å². The first-order chi connectivity index (χ1) is 4.88. The summed E-state index contributed by atoms with van der Waals surface area (Å²) in [5, 5.41) is 3.19. The molecule has 3 nitrogen and oxygen atoms in total. The van der Waals surface area contributed by atoms with Crippen LogP contribution < -0.4 is 5.32 Å². The molecule has 3 heteroatoms. The Balaban J connectivity index is 1.90. The van der Waals surface area contributed by atoms with Gasteiger partial charge in [0.25, 0.3) is 0 Å². The summed E-state index contributed by atoms with van der Waals surface area (Å²) in [7, 11) is 0. The Hall–Kier alpha value is -0.570. The maximum atomic E-state index is 11.3. The highest BCUT2D eigenvalue weighted by molar-refractivity contribution is 5.83. The Morgan fingerprint density at radius 3 is 2.80 bits per heavy atom. The highest BCUT2D eigenvalue weighted by Crippen LogP contribution is 2.13. The molecule has 0 aromatic heterocycles. The van der Waals surface area contributed by atoms with Crippen LogP contribution in [0.3, 0.4) is 0 Å². The van der Waals surface area contributed by atoms with E-state index in [1.54, 1.807) is 0 Å². The number of hydrogen-bond acceptors (Lipinski definition) is 2. The minimum atomic E-state index is 0.155. The van der Waals surface area contributed by atoms with E-state index in [1.807, 2.05) is 4.90 Å². The zero-order chi connectivity index (χ0) is 6.97. The van der Waals surface area contributed by atoms with Crippen molar-refractivity contribution >= 4 is 5.91 Å². The minimum absolute atomic E-state index is 0.155. The minimum Gasteiger partial charge on any atom is -0.338 e.